The third-order valence-electron chi connectivity index (χ3n) is 1.29. The Kier molecular flexibility index (Phi) is 2.97. The van der Waals surface area contributed by atoms with Gasteiger partial charge in [-0.2, -0.15) is 0 Å². The summed E-state index contributed by atoms with van der Waals surface area (Å²) in [5.41, 5.74) is 1.27. The molecule has 1 aromatic heterocycles. The van der Waals surface area contributed by atoms with Gasteiger partial charge < -0.3 is 0 Å². The maximum absolute atomic E-state index is 5.54. The molecule has 0 bridgehead atoms. The molecule has 0 aromatic carbocycles. The van der Waals surface area contributed by atoms with Crippen molar-refractivity contribution < 1.29 is 0 Å². The van der Waals surface area contributed by atoms with Crippen LogP contribution in [0.15, 0.2) is 23.6 Å². The van der Waals surface area contributed by atoms with Crippen molar-refractivity contribution in [1.82, 2.24) is 0 Å². The summed E-state index contributed by atoms with van der Waals surface area (Å²) < 4.78 is 0. The van der Waals surface area contributed by atoms with Crippen LogP contribution in [0.25, 0.3) is 5.57 Å². The molecule has 0 spiro atoms. The van der Waals surface area contributed by atoms with Crippen molar-refractivity contribution >= 4 is 28.5 Å². The zero-order valence-corrected chi connectivity index (χ0v) is 7.38. The van der Waals surface area contributed by atoms with E-state index in [1.165, 1.54) is 10.5 Å². The van der Waals surface area contributed by atoms with Gasteiger partial charge in [0, 0.05) is 10.8 Å². The first-order valence-corrected chi connectivity index (χ1v) is 4.52. The molecule has 54 valence electrons. The minimum atomic E-state index is 0.601. The van der Waals surface area contributed by atoms with Crippen molar-refractivity contribution in [2.24, 2.45) is 0 Å². The Labute approximate surface area is 70.1 Å². The minimum Gasteiger partial charge on any atom is -0.144 e. The van der Waals surface area contributed by atoms with Gasteiger partial charge in [-0.3, -0.25) is 0 Å². The fraction of sp³-hybridized carbons (Fsp3) is 0.250. The van der Waals surface area contributed by atoms with E-state index in [1.807, 2.05) is 12.1 Å². The lowest BCUT2D eigenvalue weighted by molar-refractivity contribution is 1.64. The fourth-order valence-electron chi connectivity index (χ4n) is 0.719. The molecule has 0 unspecified atom stereocenters. The van der Waals surface area contributed by atoms with Gasteiger partial charge in [0.05, 0.1) is 0 Å². The molecular formula is C8H9ClS. The predicted octanol–water partition coefficient (Wildman–Crippen LogP) is 3.39. The topological polar surface area (TPSA) is 0 Å². The molecule has 1 aromatic rings. The second-order valence-electron chi connectivity index (χ2n) is 2.02. The summed E-state index contributed by atoms with van der Waals surface area (Å²) in [6.07, 6.45) is 2.02. The Balaban J connectivity index is 2.77. The molecule has 0 aliphatic heterocycles. The van der Waals surface area contributed by atoms with E-state index in [0.717, 1.165) is 0 Å². The summed E-state index contributed by atoms with van der Waals surface area (Å²) in [6, 6.07) is 4.15. The average molecular weight is 173 g/mol. The highest BCUT2D eigenvalue weighted by atomic mass is 35.5. The Hall–Kier alpha value is -0.270. The number of thiophene rings is 1. The normalized spacial score (nSPS) is 12.0. The quantitative estimate of drug-likeness (QED) is 0.600. The van der Waals surface area contributed by atoms with E-state index in [2.05, 4.69) is 18.4 Å². The van der Waals surface area contributed by atoms with Crippen molar-refractivity contribution in [3.05, 3.63) is 28.5 Å². The molecule has 0 amide bonds. The Morgan fingerprint density at radius 1 is 1.80 bits per heavy atom. The molecule has 1 rings (SSSR count). The molecule has 0 saturated heterocycles. The van der Waals surface area contributed by atoms with Gasteiger partial charge in [-0.05, 0) is 23.9 Å². The van der Waals surface area contributed by atoms with Gasteiger partial charge in [0.1, 0.15) is 0 Å². The number of rotatable bonds is 2. The molecule has 0 aliphatic carbocycles. The SMILES string of the molecule is CC(=CCCl)c1cccs1. The molecule has 0 aliphatic rings. The number of hydrogen-bond donors (Lipinski definition) is 0. The summed E-state index contributed by atoms with van der Waals surface area (Å²) in [6.45, 7) is 2.08. The number of alkyl halides is 1. The van der Waals surface area contributed by atoms with Crippen molar-refractivity contribution in [1.29, 1.82) is 0 Å². The van der Waals surface area contributed by atoms with Crippen molar-refractivity contribution in [3.63, 3.8) is 0 Å². The van der Waals surface area contributed by atoms with Gasteiger partial charge in [-0.15, -0.1) is 22.9 Å². The van der Waals surface area contributed by atoms with Crippen LogP contribution in [0.4, 0.5) is 0 Å². The Morgan fingerprint density at radius 3 is 3.10 bits per heavy atom. The van der Waals surface area contributed by atoms with Gasteiger partial charge in [-0.25, -0.2) is 0 Å². The maximum atomic E-state index is 5.54. The molecule has 10 heavy (non-hydrogen) atoms. The zero-order valence-electron chi connectivity index (χ0n) is 5.80. The van der Waals surface area contributed by atoms with E-state index < -0.39 is 0 Å². The smallest absolute Gasteiger partial charge is 0.0410 e. The Bertz CT molecular complexity index is 211. The fourth-order valence-corrected chi connectivity index (χ4v) is 1.68. The summed E-state index contributed by atoms with van der Waals surface area (Å²) in [4.78, 5) is 1.31. The maximum Gasteiger partial charge on any atom is 0.0410 e. The monoisotopic (exact) mass is 172 g/mol. The first-order chi connectivity index (χ1) is 4.84. The summed E-state index contributed by atoms with van der Waals surface area (Å²) in [5.74, 6) is 0.601. The summed E-state index contributed by atoms with van der Waals surface area (Å²) in [7, 11) is 0. The number of allylic oxidation sites excluding steroid dienone is 2. The van der Waals surface area contributed by atoms with Gasteiger partial charge in [0.15, 0.2) is 0 Å². The average Bonchev–Trinajstić information content (AvgIpc) is 2.38. The van der Waals surface area contributed by atoms with Crippen LogP contribution in [-0.4, -0.2) is 5.88 Å². The molecule has 2 heteroatoms. The third-order valence-corrected chi connectivity index (χ3v) is 2.45. The van der Waals surface area contributed by atoms with E-state index in [4.69, 9.17) is 11.6 Å². The highest BCUT2D eigenvalue weighted by Gasteiger charge is 1.92. The van der Waals surface area contributed by atoms with E-state index in [1.54, 1.807) is 11.3 Å². The zero-order chi connectivity index (χ0) is 7.40. The Morgan fingerprint density at radius 2 is 2.60 bits per heavy atom. The second kappa shape index (κ2) is 3.79. The van der Waals surface area contributed by atoms with Gasteiger partial charge in [-0.1, -0.05) is 12.1 Å². The van der Waals surface area contributed by atoms with E-state index >= 15 is 0 Å². The van der Waals surface area contributed by atoms with Crippen molar-refractivity contribution in [2.45, 2.75) is 6.92 Å². The molecule has 1 heterocycles. The predicted molar refractivity (Wildman–Crippen MR) is 48.7 cm³/mol. The van der Waals surface area contributed by atoms with Crippen LogP contribution in [0.3, 0.4) is 0 Å². The van der Waals surface area contributed by atoms with E-state index in [-0.39, 0.29) is 0 Å². The van der Waals surface area contributed by atoms with Crippen LogP contribution in [0, 0.1) is 0 Å². The summed E-state index contributed by atoms with van der Waals surface area (Å²) >= 11 is 7.29. The standard InChI is InChI=1S/C8H9ClS/c1-7(4-5-9)8-3-2-6-10-8/h2-4,6H,5H2,1H3. The van der Waals surface area contributed by atoms with Crippen LogP contribution in [0.5, 0.6) is 0 Å². The molecule has 0 nitrogen and oxygen atoms in total. The highest BCUT2D eigenvalue weighted by Crippen LogP contribution is 2.18. The highest BCUT2D eigenvalue weighted by molar-refractivity contribution is 7.11. The minimum absolute atomic E-state index is 0.601. The largest absolute Gasteiger partial charge is 0.144 e. The van der Waals surface area contributed by atoms with Crippen LogP contribution in [-0.2, 0) is 0 Å². The molecule has 0 fully saturated rings. The first-order valence-electron chi connectivity index (χ1n) is 3.11. The lowest BCUT2D eigenvalue weighted by atomic mass is 10.2. The lowest BCUT2D eigenvalue weighted by Crippen LogP contribution is -1.71. The third kappa shape index (κ3) is 1.86. The van der Waals surface area contributed by atoms with E-state index in [0.29, 0.717) is 5.88 Å². The molecule has 0 atom stereocenters. The van der Waals surface area contributed by atoms with Crippen LogP contribution < -0.4 is 0 Å². The molecule has 0 saturated carbocycles. The van der Waals surface area contributed by atoms with E-state index in [9.17, 15) is 0 Å². The molecular weight excluding hydrogens is 164 g/mol. The first kappa shape index (κ1) is 7.83. The lowest BCUT2D eigenvalue weighted by Gasteiger charge is -1.92. The van der Waals surface area contributed by atoms with Gasteiger partial charge in [0.25, 0.3) is 0 Å². The van der Waals surface area contributed by atoms with Crippen LogP contribution >= 0.6 is 22.9 Å². The van der Waals surface area contributed by atoms with Crippen LogP contribution in [0.1, 0.15) is 11.8 Å². The van der Waals surface area contributed by atoms with Crippen molar-refractivity contribution in [2.75, 3.05) is 5.88 Å². The second-order valence-corrected chi connectivity index (χ2v) is 3.28. The van der Waals surface area contributed by atoms with Crippen LogP contribution in [0.2, 0.25) is 0 Å². The van der Waals surface area contributed by atoms with Gasteiger partial charge >= 0.3 is 0 Å². The summed E-state index contributed by atoms with van der Waals surface area (Å²) in [5, 5.41) is 2.07. The van der Waals surface area contributed by atoms with Gasteiger partial charge in [0.2, 0.25) is 0 Å². The number of hydrogen-bond acceptors (Lipinski definition) is 1. The van der Waals surface area contributed by atoms with Crippen molar-refractivity contribution in [3.8, 4) is 0 Å². The molecule has 0 N–H and O–H groups in total. The molecule has 0 radical (unpaired) electrons. The number of halogens is 1.